The topological polar surface area (TPSA) is 68.1 Å². The van der Waals surface area contributed by atoms with Crippen molar-refractivity contribution < 1.29 is 4.92 Å². The van der Waals surface area contributed by atoms with Crippen molar-refractivity contribution in [2.45, 2.75) is 31.8 Å². The number of nitrogens with one attached hydrogen (secondary N) is 1. The van der Waals surface area contributed by atoms with E-state index in [0.717, 1.165) is 25.0 Å². The molecule has 0 spiro atoms. The predicted octanol–water partition coefficient (Wildman–Crippen LogP) is 3.16. The lowest BCUT2D eigenvalue weighted by atomic mass is 9.92. The molecular weight excluding hydrogens is 266 g/mol. The van der Waals surface area contributed by atoms with Gasteiger partial charge in [0.05, 0.1) is 16.7 Å². The third-order valence-electron chi connectivity index (χ3n) is 3.92. The predicted molar refractivity (Wildman–Crippen MR) is 79.9 cm³/mol. The fourth-order valence-electron chi connectivity index (χ4n) is 2.88. The quantitative estimate of drug-likeness (QED) is 0.691. The second-order valence-electron chi connectivity index (χ2n) is 5.26. The van der Waals surface area contributed by atoms with Crippen LogP contribution in [0, 0.1) is 10.1 Å². The number of fused-ring (bicyclic) bond motifs is 1. The Bertz CT molecular complexity index is 657. The highest BCUT2D eigenvalue weighted by Gasteiger charge is 2.21. The summed E-state index contributed by atoms with van der Waals surface area (Å²) in [4.78, 5) is 15.2. The van der Waals surface area contributed by atoms with Crippen LogP contribution in [0.1, 0.15) is 35.7 Å². The molecule has 1 unspecified atom stereocenters. The number of aromatic nitrogens is 1. The van der Waals surface area contributed by atoms with Crippen molar-refractivity contribution in [2.75, 3.05) is 0 Å². The van der Waals surface area contributed by atoms with Gasteiger partial charge in [0.2, 0.25) is 0 Å². The molecule has 0 saturated carbocycles. The van der Waals surface area contributed by atoms with Gasteiger partial charge < -0.3 is 5.32 Å². The summed E-state index contributed by atoms with van der Waals surface area (Å²) in [5.41, 5.74) is 3.25. The first-order chi connectivity index (χ1) is 10.3. The number of rotatable bonds is 4. The minimum absolute atomic E-state index is 0.169. The van der Waals surface area contributed by atoms with Crippen molar-refractivity contribution in [3.05, 3.63) is 69.5 Å². The van der Waals surface area contributed by atoms with E-state index in [9.17, 15) is 10.1 Å². The van der Waals surface area contributed by atoms with Crippen LogP contribution in [0.2, 0.25) is 0 Å². The van der Waals surface area contributed by atoms with E-state index in [2.05, 4.69) is 16.4 Å². The Kier molecular flexibility index (Phi) is 3.92. The zero-order chi connectivity index (χ0) is 14.7. The van der Waals surface area contributed by atoms with Crippen molar-refractivity contribution >= 4 is 5.69 Å². The molecule has 5 nitrogen and oxygen atoms in total. The average Bonchev–Trinajstić information content (AvgIpc) is 2.53. The highest BCUT2D eigenvalue weighted by molar-refractivity contribution is 5.39. The number of nitro groups is 1. The molecule has 0 fully saturated rings. The molecule has 108 valence electrons. The first-order valence-corrected chi connectivity index (χ1v) is 7.15. The maximum absolute atomic E-state index is 11.0. The van der Waals surface area contributed by atoms with Crippen LogP contribution >= 0.6 is 0 Å². The number of benzene rings is 1. The molecule has 0 amide bonds. The zero-order valence-electron chi connectivity index (χ0n) is 11.7. The van der Waals surface area contributed by atoms with Crippen LogP contribution in [-0.2, 0) is 13.0 Å². The lowest BCUT2D eigenvalue weighted by molar-refractivity contribution is -0.385. The molecular formula is C16H17N3O2. The second kappa shape index (κ2) is 6.01. The van der Waals surface area contributed by atoms with Crippen LogP contribution in [0.25, 0.3) is 0 Å². The lowest BCUT2D eigenvalue weighted by Crippen LogP contribution is -2.26. The second-order valence-corrected chi connectivity index (χ2v) is 5.26. The third-order valence-corrected chi connectivity index (χ3v) is 3.92. The van der Waals surface area contributed by atoms with Crippen molar-refractivity contribution in [1.82, 2.24) is 10.3 Å². The fraction of sp³-hybridized carbons (Fsp3) is 0.312. The van der Waals surface area contributed by atoms with Gasteiger partial charge >= 0.3 is 0 Å². The highest BCUT2D eigenvalue weighted by atomic mass is 16.6. The molecule has 2 aromatic rings. The Balaban J connectivity index is 1.76. The molecule has 1 aromatic heterocycles. The van der Waals surface area contributed by atoms with Crippen LogP contribution < -0.4 is 5.32 Å². The maximum atomic E-state index is 11.0. The monoisotopic (exact) mass is 283 g/mol. The van der Waals surface area contributed by atoms with E-state index in [-0.39, 0.29) is 16.7 Å². The SMILES string of the molecule is O=[N+]([O-])c1ccccc1CNC1CCCc2cccnc21. The van der Waals surface area contributed by atoms with E-state index in [1.54, 1.807) is 18.2 Å². The van der Waals surface area contributed by atoms with Crippen molar-refractivity contribution in [3.63, 3.8) is 0 Å². The van der Waals surface area contributed by atoms with Crippen molar-refractivity contribution in [2.24, 2.45) is 0 Å². The number of pyridine rings is 1. The standard InChI is InChI=1S/C16H17N3O2/c20-19(21)15-9-2-1-5-13(15)11-18-14-8-3-6-12-7-4-10-17-16(12)14/h1-2,4-5,7,9-10,14,18H,3,6,8,11H2. The first kappa shape index (κ1) is 13.7. The van der Waals surface area contributed by atoms with Gasteiger partial charge in [0.1, 0.15) is 0 Å². The summed E-state index contributed by atoms with van der Waals surface area (Å²) >= 11 is 0. The molecule has 0 aliphatic heterocycles. The Morgan fingerprint density at radius 1 is 1.29 bits per heavy atom. The summed E-state index contributed by atoms with van der Waals surface area (Å²) in [5.74, 6) is 0. The smallest absolute Gasteiger partial charge is 0.273 e. The normalized spacial score (nSPS) is 17.2. The van der Waals surface area contributed by atoms with E-state index < -0.39 is 0 Å². The number of hydrogen-bond donors (Lipinski definition) is 1. The van der Waals surface area contributed by atoms with Crippen molar-refractivity contribution in [1.29, 1.82) is 0 Å². The molecule has 1 atom stereocenters. The largest absolute Gasteiger partial charge is 0.304 e. The van der Waals surface area contributed by atoms with E-state index in [4.69, 9.17) is 0 Å². The molecule has 0 radical (unpaired) electrons. The van der Waals surface area contributed by atoms with Gasteiger partial charge in [-0.3, -0.25) is 15.1 Å². The van der Waals surface area contributed by atoms with Gasteiger partial charge in [-0.25, -0.2) is 0 Å². The molecule has 21 heavy (non-hydrogen) atoms. The van der Waals surface area contributed by atoms with Crippen LogP contribution in [0.5, 0.6) is 0 Å². The van der Waals surface area contributed by atoms with Gasteiger partial charge in [-0.05, 0) is 30.9 Å². The van der Waals surface area contributed by atoms with Crippen LogP contribution in [0.15, 0.2) is 42.6 Å². The van der Waals surface area contributed by atoms with Gasteiger partial charge in [0.15, 0.2) is 0 Å². The number of para-hydroxylation sites is 1. The summed E-state index contributed by atoms with van der Waals surface area (Å²) in [6.45, 7) is 0.484. The molecule has 1 aliphatic carbocycles. The lowest BCUT2D eigenvalue weighted by Gasteiger charge is -2.25. The van der Waals surface area contributed by atoms with Crippen LogP contribution in [-0.4, -0.2) is 9.91 Å². The molecule has 1 heterocycles. The zero-order valence-corrected chi connectivity index (χ0v) is 11.7. The molecule has 5 heteroatoms. The molecule has 3 rings (SSSR count). The van der Waals surface area contributed by atoms with Gasteiger partial charge in [-0.2, -0.15) is 0 Å². The Hall–Kier alpha value is -2.27. The first-order valence-electron chi connectivity index (χ1n) is 7.15. The molecule has 1 aliphatic rings. The Morgan fingerprint density at radius 2 is 2.14 bits per heavy atom. The Morgan fingerprint density at radius 3 is 3.00 bits per heavy atom. The van der Waals surface area contributed by atoms with Crippen molar-refractivity contribution in [3.8, 4) is 0 Å². The summed E-state index contributed by atoms with van der Waals surface area (Å²) in [5, 5.41) is 14.5. The average molecular weight is 283 g/mol. The minimum Gasteiger partial charge on any atom is -0.304 e. The third kappa shape index (κ3) is 2.92. The van der Waals surface area contributed by atoms with E-state index in [1.165, 1.54) is 5.56 Å². The number of hydrogen-bond acceptors (Lipinski definition) is 4. The van der Waals surface area contributed by atoms with Gasteiger partial charge in [0.25, 0.3) is 5.69 Å². The molecule has 0 saturated heterocycles. The summed E-state index contributed by atoms with van der Waals surface area (Å²) in [6.07, 6.45) is 5.01. The van der Waals surface area contributed by atoms with Gasteiger partial charge in [0, 0.05) is 24.4 Å². The van der Waals surface area contributed by atoms with E-state index in [0.29, 0.717) is 12.1 Å². The Labute approximate surface area is 123 Å². The fourth-order valence-corrected chi connectivity index (χ4v) is 2.88. The number of nitro benzene ring substituents is 1. The molecule has 1 aromatic carbocycles. The van der Waals surface area contributed by atoms with E-state index in [1.807, 2.05) is 18.3 Å². The number of nitrogens with zero attached hydrogens (tertiary/aromatic N) is 2. The molecule has 1 N–H and O–H groups in total. The van der Waals surface area contributed by atoms with Gasteiger partial charge in [-0.1, -0.05) is 24.3 Å². The minimum atomic E-state index is -0.329. The highest BCUT2D eigenvalue weighted by Crippen LogP contribution is 2.28. The summed E-state index contributed by atoms with van der Waals surface area (Å²) in [6, 6.07) is 11.1. The van der Waals surface area contributed by atoms with Crippen LogP contribution in [0.3, 0.4) is 0 Å². The summed E-state index contributed by atoms with van der Waals surface area (Å²) in [7, 11) is 0. The van der Waals surface area contributed by atoms with E-state index >= 15 is 0 Å². The maximum Gasteiger partial charge on any atom is 0.273 e. The summed E-state index contributed by atoms with van der Waals surface area (Å²) < 4.78 is 0. The van der Waals surface area contributed by atoms with Gasteiger partial charge in [-0.15, -0.1) is 0 Å². The number of aryl methyl sites for hydroxylation is 1. The van der Waals surface area contributed by atoms with Crippen LogP contribution in [0.4, 0.5) is 5.69 Å². The molecule has 0 bridgehead atoms.